The highest BCUT2D eigenvalue weighted by Crippen LogP contribution is 2.41. The summed E-state index contributed by atoms with van der Waals surface area (Å²) in [4.78, 5) is 23.0. The van der Waals surface area contributed by atoms with Crippen LogP contribution in [0, 0.1) is 5.41 Å². The lowest BCUT2D eigenvalue weighted by molar-refractivity contribution is -0.142. The number of hydrogen-bond acceptors (Lipinski definition) is 6. The van der Waals surface area contributed by atoms with Gasteiger partial charge in [0, 0.05) is 23.7 Å². The number of halogens is 3. The number of fused-ring (bicyclic) bond motifs is 1. The first kappa shape index (κ1) is 27.0. The molecule has 38 heavy (non-hydrogen) atoms. The highest BCUT2D eigenvalue weighted by molar-refractivity contribution is 5.71. The molecular weight excluding hydrogens is 499 g/mol. The Balaban J connectivity index is 1.55. The molecule has 0 atom stereocenters. The summed E-state index contributed by atoms with van der Waals surface area (Å²) in [7, 11) is 0. The zero-order valence-electron chi connectivity index (χ0n) is 21.6. The number of nitrogens with zero attached hydrogens (tertiary/aromatic N) is 3. The van der Waals surface area contributed by atoms with Crippen LogP contribution in [0.3, 0.4) is 0 Å². The Morgan fingerprint density at radius 3 is 2.37 bits per heavy atom. The quantitative estimate of drug-likeness (QED) is 0.301. The van der Waals surface area contributed by atoms with Crippen molar-refractivity contribution in [2.75, 3.05) is 18.0 Å². The molecule has 11 heteroatoms. The van der Waals surface area contributed by atoms with Gasteiger partial charge in [-0.05, 0) is 50.2 Å². The summed E-state index contributed by atoms with van der Waals surface area (Å²) >= 11 is 0. The van der Waals surface area contributed by atoms with Crippen LogP contribution in [0.15, 0.2) is 59.4 Å². The Labute approximate surface area is 218 Å². The van der Waals surface area contributed by atoms with Gasteiger partial charge in [-0.15, -0.1) is 0 Å². The number of ether oxygens (including phenoxy) is 2. The second kappa shape index (κ2) is 10.4. The predicted molar refractivity (Wildman–Crippen MR) is 138 cm³/mol. The van der Waals surface area contributed by atoms with Gasteiger partial charge >= 0.3 is 6.18 Å². The molecule has 0 saturated heterocycles. The van der Waals surface area contributed by atoms with Crippen LogP contribution in [0.4, 0.5) is 24.7 Å². The number of alkyl halides is 3. The van der Waals surface area contributed by atoms with Crippen molar-refractivity contribution < 1.29 is 22.6 Å². The average Bonchev–Trinajstić information content (AvgIpc) is 3.12. The van der Waals surface area contributed by atoms with E-state index in [1.54, 1.807) is 0 Å². The molecule has 3 aromatic rings. The normalized spacial score (nSPS) is 14.4. The molecule has 2 aromatic carbocycles. The number of amidine groups is 1. The van der Waals surface area contributed by atoms with Gasteiger partial charge in [0.05, 0.1) is 5.56 Å². The summed E-state index contributed by atoms with van der Waals surface area (Å²) in [6.07, 6.45) is -4.49. The minimum Gasteiger partial charge on any atom is -0.457 e. The molecule has 0 bridgehead atoms. The van der Waals surface area contributed by atoms with Crippen LogP contribution in [0.1, 0.15) is 39.1 Å². The maximum atomic E-state index is 13.0. The van der Waals surface area contributed by atoms with Crippen molar-refractivity contribution >= 4 is 17.5 Å². The van der Waals surface area contributed by atoms with Crippen LogP contribution in [0.2, 0.25) is 0 Å². The van der Waals surface area contributed by atoms with Crippen LogP contribution >= 0.6 is 0 Å². The van der Waals surface area contributed by atoms with E-state index < -0.39 is 30.2 Å². The van der Waals surface area contributed by atoms with Crippen LogP contribution in [0.5, 0.6) is 11.5 Å². The number of anilines is 2. The lowest BCUT2D eigenvalue weighted by Gasteiger charge is -2.29. The van der Waals surface area contributed by atoms with Gasteiger partial charge in [0.1, 0.15) is 36.3 Å². The molecule has 0 radical (unpaired) electrons. The summed E-state index contributed by atoms with van der Waals surface area (Å²) < 4.78 is 50.0. The molecule has 8 nitrogen and oxygen atoms in total. The molecule has 2 heterocycles. The first-order valence-corrected chi connectivity index (χ1v) is 12.1. The van der Waals surface area contributed by atoms with E-state index in [2.05, 4.69) is 9.97 Å². The van der Waals surface area contributed by atoms with E-state index in [1.807, 2.05) is 73.3 Å². The first-order chi connectivity index (χ1) is 17.8. The third-order valence-electron chi connectivity index (χ3n) is 6.14. The minimum atomic E-state index is -4.49. The Morgan fingerprint density at radius 1 is 1.13 bits per heavy atom. The maximum Gasteiger partial charge on any atom is 0.406 e. The molecule has 4 rings (SSSR count). The molecule has 0 fully saturated rings. The lowest BCUT2D eigenvalue weighted by Crippen LogP contribution is -2.44. The van der Waals surface area contributed by atoms with Gasteiger partial charge in [-0.3, -0.25) is 10.2 Å². The number of nitrogens with one attached hydrogen (secondary N) is 2. The Bertz CT molecular complexity index is 1340. The third kappa shape index (κ3) is 6.09. The largest absolute Gasteiger partial charge is 0.457 e. The van der Waals surface area contributed by atoms with Gasteiger partial charge in [0.2, 0.25) is 0 Å². The topological polar surface area (TPSA) is 94.5 Å². The molecule has 1 aliphatic heterocycles. The van der Waals surface area contributed by atoms with Gasteiger partial charge in [0.25, 0.3) is 11.6 Å². The van der Waals surface area contributed by atoms with E-state index in [-0.39, 0.29) is 18.0 Å². The number of para-hydroxylation sites is 1. The molecule has 0 aliphatic carbocycles. The minimum absolute atomic E-state index is 0.112. The summed E-state index contributed by atoms with van der Waals surface area (Å²) in [6.45, 7) is 5.77. The molecule has 0 spiro atoms. The molecule has 202 valence electrons. The Kier molecular flexibility index (Phi) is 7.39. The monoisotopic (exact) mass is 529 g/mol. The summed E-state index contributed by atoms with van der Waals surface area (Å²) in [5, 5.41) is 8.01. The summed E-state index contributed by atoms with van der Waals surface area (Å²) in [6, 6.07) is 15.5. The highest BCUT2D eigenvalue weighted by Gasteiger charge is 2.40. The van der Waals surface area contributed by atoms with Crippen LogP contribution < -0.4 is 15.2 Å². The fourth-order valence-corrected chi connectivity index (χ4v) is 4.36. The van der Waals surface area contributed by atoms with Crippen molar-refractivity contribution in [3.63, 3.8) is 0 Å². The SMILES string of the molecule is CC(C)N(CC(F)(F)F)C(=N)OCc1nc2c(c(=O)[nH]1)C(C)(C)CN2c1ccc(Oc2ccccc2)cc1. The molecule has 1 aliphatic rings. The summed E-state index contributed by atoms with van der Waals surface area (Å²) in [5.41, 5.74) is 0.433. The third-order valence-corrected chi connectivity index (χ3v) is 6.14. The van der Waals surface area contributed by atoms with Crippen molar-refractivity contribution in [1.29, 1.82) is 5.41 Å². The fraction of sp³-hybridized carbons (Fsp3) is 0.370. The van der Waals surface area contributed by atoms with E-state index in [9.17, 15) is 18.0 Å². The maximum absolute atomic E-state index is 13.0. The van der Waals surface area contributed by atoms with E-state index in [0.717, 1.165) is 10.6 Å². The lowest BCUT2D eigenvalue weighted by atomic mass is 9.88. The zero-order valence-corrected chi connectivity index (χ0v) is 21.6. The molecular formula is C27H30F3N5O3. The van der Waals surface area contributed by atoms with Gasteiger partial charge in [0.15, 0.2) is 0 Å². The van der Waals surface area contributed by atoms with Crippen molar-refractivity contribution in [3.05, 3.63) is 76.3 Å². The second-order valence-electron chi connectivity index (χ2n) is 10.0. The van der Waals surface area contributed by atoms with E-state index >= 15 is 0 Å². The molecule has 0 unspecified atom stereocenters. The van der Waals surface area contributed by atoms with E-state index in [0.29, 0.717) is 29.4 Å². The molecule has 1 aromatic heterocycles. The van der Waals surface area contributed by atoms with Crippen LogP contribution in [-0.2, 0) is 16.8 Å². The Hall–Kier alpha value is -4.02. The number of rotatable bonds is 7. The second-order valence-corrected chi connectivity index (χ2v) is 10.0. The molecule has 0 saturated carbocycles. The molecule has 2 N–H and O–H groups in total. The predicted octanol–water partition coefficient (Wildman–Crippen LogP) is 5.72. The standard InChI is InChI=1S/C27H30F3N5O3/c1-17(2)34(16-27(28,29)30)25(31)37-14-21-32-23-22(24(36)33-21)26(3,4)15-35(23)18-10-12-20(13-11-18)38-19-8-6-5-7-9-19/h5-13,17,31H,14-16H2,1-4H3,(H,32,33,36). The number of benzene rings is 2. The first-order valence-electron chi connectivity index (χ1n) is 12.1. The summed E-state index contributed by atoms with van der Waals surface area (Å²) in [5.74, 6) is 1.92. The van der Waals surface area contributed by atoms with Gasteiger partial charge in [-0.2, -0.15) is 13.2 Å². The van der Waals surface area contributed by atoms with Crippen molar-refractivity contribution in [2.24, 2.45) is 0 Å². The van der Waals surface area contributed by atoms with Crippen molar-refractivity contribution in [1.82, 2.24) is 14.9 Å². The van der Waals surface area contributed by atoms with Crippen molar-refractivity contribution in [3.8, 4) is 11.5 Å². The number of H-pyrrole nitrogens is 1. The Morgan fingerprint density at radius 2 is 1.76 bits per heavy atom. The van der Waals surface area contributed by atoms with Gasteiger partial charge in [-0.25, -0.2) is 4.98 Å². The number of aromatic amines is 1. The average molecular weight is 530 g/mol. The number of hydrogen-bond donors (Lipinski definition) is 2. The zero-order chi connectivity index (χ0) is 27.7. The van der Waals surface area contributed by atoms with Gasteiger partial charge in [-0.1, -0.05) is 32.0 Å². The van der Waals surface area contributed by atoms with Gasteiger partial charge < -0.3 is 24.3 Å². The van der Waals surface area contributed by atoms with Crippen LogP contribution in [0.25, 0.3) is 0 Å². The van der Waals surface area contributed by atoms with E-state index in [4.69, 9.17) is 14.9 Å². The van der Waals surface area contributed by atoms with Crippen molar-refractivity contribution in [2.45, 2.75) is 51.9 Å². The van der Waals surface area contributed by atoms with Crippen LogP contribution in [-0.4, -0.2) is 46.2 Å². The smallest absolute Gasteiger partial charge is 0.406 e. The highest BCUT2D eigenvalue weighted by atomic mass is 19.4. The van der Waals surface area contributed by atoms with E-state index in [1.165, 1.54) is 13.8 Å². The fourth-order valence-electron chi connectivity index (χ4n) is 4.36. The molecule has 0 amide bonds. The number of aromatic nitrogens is 2.